The van der Waals surface area contributed by atoms with Crippen molar-refractivity contribution >= 4 is 48.5 Å². The Morgan fingerprint density at radius 1 is 0.619 bits per heavy atom. The van der Waals surface area contributed by atoms with Crippen LogP contribution in [0.1, 0.15) is 5.56 Å². The Morgan fingerprint density at radius 3 is 2.05 bits per heavy atom. The number of nitrogens with one attached hydrogen (secondary N) is 2. The molecule has 1 heterocycles. The summed E-state index contributed by atoms with van der Waals surface area (Å²) in [6.07, 6.45) is 11.9. The van der Waals surface area contributed by atoms with Gasteiger partial charge >= 0.3 is 0 Å². The summed E-state index contributed by atoms with van der Waals surface area (Å²) in [6.45, 7) is 0. The van der Waals surface area contributed by atoms with Crippen LogP contribution in [-0.4, -0.2) is 5.71 Å². The summed E-state index contributed by atoms with van der Waals surface area (Å²) in [6, 6.07) is 42.6. The van der Waals surface area contributed by atoms with Gasteiger partial charge in [-0.1, -0.05) is 127 Å². The third-order valence-electron chi connectivity index (χ3n) is 7.62. The summed E-state index contributed by atoms with van der Waals surface area (Å²) >= 11 is 1.84. The van der Waals surface area contributed by atoms with Gasteiger partial charge in [0, 0.05) is 43.2 Å². The van der Waals surface area contributed by atoms with Crippen molar-refractivity contribution in [3.8, 4) is 22.3 Å². The SMILES string of the molecule is N=C1C=CC=C/C1=C(/C=C/Nc1ccc2c(sc3ccccc32)c1-c1ccccc1)c1ccc(-c2ccccc2)cc1. The molecule has 42 heavy (non-hydrogen) atoms. The molecule has 0 saturated heterocycles. The van der Waals surface area contributed by atoms with Gasteiger partial charge in [0.2, 0.25) is 0 Å². The van der Waals surface area contributed by atoms with Crippen LogP contribution in [0.4, 0.5) is 5.69 Å². The first-order valence-corrected chi connectivity index (χ1v) is 14.8. The van der Waals surface area contributed by atoms with E-state index in [9.17, 15) is 0 Å². The Morgan fingerprint density at radius 2 is 1.29 bits per heavy atom. The largest absolute Gasteiger partial charge is 0.361 e. The van der Waals surface area contributed by atoms with Crippen LogP contribution >= 0.6 is 11.3 Å². The molecule has 0 unspecified atom stereocenters. The molecule has 0 atom stereocenters. The number of benzene rings is 5. The number of fused-ring (bicyclic) bond motifs is 3. The molecule has 0 fully saturated rings. The summed E-state index contributed by atoms with van der Waals surface area (Å²) in [4.78, 5) is 0. The van der Waals surface area contributed by atoms with E-state index in [-0.39, 0.29) is 0 Å². The van der Waals surface area contributed by atoms with Gasteiger partial charge in [0.15, 0.2) is 0 Å². The molecule has 0 radical (unpaired) electrons. The number of hydrogen-bond donors (Lipinski definition) is 2. The zero-order valence-corrected chi connectivity index (χ0v) is 23.7. The van der Waals surface area contributed by atoms with Crippen molar-refractivity contribution in [3.63, 3.8) is 0 Å². The molecule has 2 N–H and O–H groups in total. The van der Waals surface area contributed by atoms with Crippen LogP contribution in [0.5, 0.6) is 0 Å². The van der Waals surface area contributed by atoms with Gasteiger partial charge in [-0.15, -0.1) is 11.3 Å². The molecule has 2 nitrogen and oxygen atoms in total. The Balaban J connectivity index is 1.29. The quantitative estimate of drug-likeness (QED) is 0.210. The maximum atomic E-state index is 8.64. The van der Waals surface area contributed by atoms with E-state index in [1.165, 1.54) is 42.4 Å². The van der Waals surface area contributed by atoms with Crippen LogP contribution in [0.25, 0.3) is 48.0 Å². The monoisotopic (exact) mass is 556 g/mol. The molecule has 0 spiro atoms. The van der Waals surface area contributed by atoms with E-state index in [1.807, 2.05) is 47.9 Å². The van der Waals surface area contributed by atoms with Gasteiger partial charge < -0.3 is 10.7 Å². The van der Waals surface area contributed by atoms with Crippen LogP contribution in [0, 0.1) is 5.41 Å². The summed E-state index contributed by atoms with van der Waals surface area (Å²) < 4.78 is 2.57. The smallest absolute Gasteiger partial charge is 0.0618 e. The second-order valence-electron chi connectivity index (χ2n) is 10.2. The van der Waals surface area contributed by atoms with E-state index < -0.39 is 0 Å². The predicted octanol–water partition coefficient (Wildman–Crippen LogP) is 10.9. The van der Waals surface area contributed by atoms with E-state index in [4.69, 9.17) is 5.41 Å². The normalized spacial score (nSPS) is 14.2. The summed E-state index contributed by atoms with van der Waals surface area (Å²) in [5.74, 6) is 0. The van der Waals surface area contributed by atoms with Gasteiger partial charge in [-0.2, -0.15) is 0 Å². The first kappa shape index (κ1) is 25.7. The van der Waals surface area contributed by atoms with Crippen molar-refractivity contribution in [2.45, 2.75) is 0 Å². The van der Waals surface area contributed by atoms with Crippen molar-refractivity contribution < 1.29 is 0 Å². The highest BCUT2D eigenvalue weighted by molar-refractivity contribution is 7.26. The topological polar surface area (TPSA) is 35.9 Å². The van der Waals surface area contributed by atoms with Crippen molar-refractivity contribution in [2.24, 2.45) is 0 Å². The molecule has 5 aromatic carbocycles. The molecule has 1 aliphatic rings. The lowest BCUT2D eigenvalue weighted by Crippen LogP contribution is -2.02. The molecule has 0 bridgehead atoms. The Labute approximate surface area is 249 Å². The van der Waals surface area contributed by atoms with Crippen molar-refractivity contribution in [1.82, 2.24) is 0 Å². The lowest BCUT2D eigenvalue weighted by atomic mass is 9.92. The molecule has 0 saturated carbocycles. The molecule has 7 rings (SSSR count). The Kier molecular flexibility index (Phi) is 6.93. The van der Waals surface area contributed by atoms with Crippen molar-refractivity contribution in [1.29, 1.82) is 5.41 Å². The number of anilines is 1. The highest BCUT2D eigenvalue weighted by Gasteiger charge is 2.15. The number of thiophene rings is 1. The van der Waals surface area contributed by atoms with Gasteiger partial charge in [0.05, 0.1) is 5.71 Å². The lowest BCUT2D eigenvalue weighted by molar-refractivity contribution is 1.48. The molecule has 0 aliphatic heterocycles. The molecule has 1 aromatic heterocycles. The predicted molar refractivity (Wildman–Crippen MR) is 182 cm³/mol. The second kappa shape index (κ2) is 11.3. The van der Waals surface area contributed by atoms with E-state index >= 15 is 0 Å². The second-order valence-corrected chi connectivity index (χ2v) is 11.3. The molecule has 1 aliphatic carbocycles. The number of rotatable bonds is 6. The van der Waals surface area contributed by atoms with Crippen LogP contribution in [0.2, 0.25) is 0 Å². The van der Waals surface area contributed by atoms with E-state index in [0.29, 0.717) is 5.71 Å². The summed E-state index contributed by atoms with van der Waals surface area (Å²) in [5, 5.41) is 14.8. The van der Waals surface area contributed by atoms with E-state index in [0.717, 1.165) is 22.4 Å². The number of allylic oxidation sites excluding steroid dienone is 7. The Bertz CT molecular complexity index is 2040. The third kappa shape index (κ3) is 4.91. The zero-order valence-electron chi connectivity index (χ0n) is 22.9. The lowest BCUT2D eigenvalue weighted by Gasteiger charge is -2.14. The van der Waals surface area contributed by atoms with Gasteiger partial charge in [0.25, 0.3) is 0 Å². The standard InChI is InChI=1S/C39H28N2S/c40-35-17-9-7-15-32(35)31(29-21-19-28(20-22-29)27-11-3-1-4-12-27)25-26-41-36-24-23-34-33-16-8-10-18-37(33)42-39(34)38(36)30-13-5-2-6-14-30/h1-26,40-41H/b26-25+,32-31+,40-35?. The van der Waals surface area contributed by atoms with Crippen LogP contribution in [0.3, 0.4) is 0 Å². The van der Waals surface area contributed by atoms with E-state index in [2.05, 4.69) is 127 Å². The van der Waals surface area contributed by atoms with Crippen LogP contribution in [0.15, 0.2) is 163 Å². The molecule has 3 heteroatoms. The first-order chi connectivity index (χ1) is 20.8. The zero-order chi connectivity index (χ0) is 28.3. The van der Waals surface area contributed by atoms with Gasteiger partial charge in [-0.3, -0.25) is 0 Å². The van der Waals surface area contributed by atoms with Crippen LogP contribution in [-0.2, 0) is 0 Å². The van der Waals surface area contributed by atoms with E-state index in [1.54, 1.807) is 0 Å². The maximum absolute atomic E-state index is 8.64. The highest BCUT2D eigenvalue weighted by atomic mass is 32.1. The fourth-order valence-electron chi connectivity index (χ4n) is 5.55. The molecular formula is C39H28N2S. The minimum atomic E-state index is 0.501. The average Bonchev–Trinajstić information content (AvgIpc) is 3.43. The van der Waals surface area contributed by atoms with Gasteiger partial charge in [0.1, 0.15) is 0 Å². The molecular weight excluding hydrogens is 529 g/mol. The molecule has 200 valence electrons. The highest BCUT2D eigenvalue weighted by Crippen LogP contribution is 2.43. The van der Waals surface area contributed by atoms with Gasteiger partial charge in [-0.25, -0.2) is 0 Å². The number of hydrogen-bond acceptors (Lipinski definition) is 3. The minimum Gasteiger partial charge on any atom is -0.361 e. The van der Waals surface area contributed by atoms with Crippen molar-refractivity contribution in [2.75, 3.05) is 5.32 Å². The average molecular weight is 557 g/mol. The van der Waals surface area contributed by atoms with Gasteiger partial charge in [-0.05, 0) is 52.1 Å². The molecule has 0 amide bonds. The fourth-order valence-corrected chi connectivity index (χ4v) is 6.82. The van der Waals surface area contributed by atoms with Crippen LogP contribution < -0.4 is 5.32 Å². The summed E-state index contributed by atoms with van der Waals surface area (Å²) in [7, 11) is 0. The first-order valence-electron chi connectivity index (χ1n) is 14.0. The third-order valence-corrected chi connectivity index (χ3v) is 8.82. The summed E-state index contributed by atoms with van der Waals surface area (Å²) in [5.41, 5.74) is 9.25. The Hall–Kier alpha value is -5.25. The maximum Gasteiger partial charge on any atom is 0.0618 e. The van der Waals surface area contributed by atoms with Crippen molar-refractivity contribution in [3.05, 3.63) is 169 Å². The molecule has 6 aromatic rings. The fraction of sp³-hybridized carbons (Fsp3) is 0. The minimum absolute atomic E-state index is 0.501.